The highest BCUT2D eigenvalue weighted by molar-refractivity contribution is 5.63. The van der Waals surface area contributed by atoms with Crippen molar-refractivity contribution in [3.63, 3.8) is 0 Å². The van der Waals surface area contributed by atoms with Gasteiger partial charge >= 0.3 is 0 Å². The number of rotatable bonds is 2. The van der Waals surface area contributed by atoms with Gasteiger partial charge in [-0.3, -0.25) is 14.4 Å². The number of hydrogen-bond donors (Lipinski definition) is 5. The Balaban J connectivity index is -0.0000000742. The van der Waals surface area contributed by atoms with Crippen molar-refractivity contribution in [2.24, 2.45) is 0 Å². The van der Waals surface area contributed by atoms with Crippen molar-refractivity contribution >= 4 is 17.9 Å². The minimum absolute atomic E-state index is 0.0810. The highest BCUT2D eigenvalue weighted by atomic mass is 16.4. The number of hydrogen-bond acceptors (Lipinski definition) is 5. The van der Waals surface area contributed by atoms with E-state index in [1.165, 1.54) is 0 Å². The molecule has 0 aromatic carbocycles. The van der Waals surface area contributed by atoms with Gasteiger partial charge < -0.3 is 25.5 Å². The fourth-order valence-electron chi connectivity index (χ4n) is 0.187. The minimum atomic E-state index is -0.833. The first-order valence-corrected chi connectivity index (χ1v) is 4.84. The van der Waals surface area contributed by atoms with E-state index in [2.05, 4.69) is 0 Å². The second-order valence-corrected chi connectivity index (χ2v) is 2.92. The lowest BCUT2D eigenvalue weighted by Crippen LogP contribution is -2.00. The van der Waals surface area contributed by atoms with Gasteiger partial charge in [-0.05, 0) is 13.3 Å². The predicted molar refractivity (Wildman–Crippen MR) is 63.3 cm³/mol. The highest BCUT2D eigenvalue weighted by Crippen LogP contribution is 1.83. The van der Waals surface area contributed by atoms with E-state index in [4.69, 9.17) is 39.9 Å². The second kappa shape index (κ2) is 20.7. The van der Waals surface area contributed by atoms with Crippen molar-refractivity contribution in [3.05, 3.63) is 0 Å². The van der Waals surface area contributed by atoms with E-state index in [0.29, 0.717) is 6.42 Å². The van der Waals surface area contributed by atoms with Crippen LogP contribution in [0.1, 0.15) is 34.1 Å². The third-order valence-electron chi connectivity index (χ3n) is 0.547. The van der Waals surface area contributed by atoms with E-state index in [1.54, 1.807) is 6.92 Å². The summed E-state index contributed by atoms with van der Waals surface area (Å²) >= 11 is 0. The van der Waals surface area contributed by atoms with Gasteiger partial charge in [0.15, 0.2) is 0 Å². The SMILES string of the molecule is CC(=O)O.CC(=O)O.CC(=O)O.CC(O)CCO. The molecule has 0 aromatic heterocycles. The Morgan fingerprint density at radius 2 is 1.06 bits per heavy atom. The average Bonchev–Trinajstić information content (AvgIpc) is 1.98. The third kappa shape index (κ3) is 1440. The van der Waals surface area contributed by atoms with Gasteiger partial charge in [0.05, 0.1) is 6.10 Å². The Morgan fingerprint density at radius 3 is 1.06 bits per heavy atom. The zero-order valence-electron chi connectivity index (χ0n) is 11.0. The lowest BCUT2D eigenvalue weighted by atomic mass is 10.3. The minimum Gasteiger partial charge on any atom is -0.481 e. The molecular formula is C10H22O8. The smallest absolute Gasteiger partial charge is 0.300 e. The lowest BCUT2D eigenvalue weighted by molar-refractivity contribution is -0.135. The summed E-state index contributed by atoms with van der Waals surface area (Å²) in [7, 11) is 0. The van der Waals surface area contributed by atoms with Crippen LogP contribution in [-0.2, 0) is 14.4 Å². The summed E-state index contributed by atoms with van der Waals surface area (Å²) in [6, 6.07) is 0. The van der Waals surface area contributed by atoms with Crippen LogP contribution in [0.4, 0.5) is 0 Å². The third-order valence-corrected chi connectivity index (χ3v) is 0.547. The molecule has 0 bridgehead atoms. The molecular weight excluding hydrogens is 248 g/mol. The molecule has 0 rings (SSSR count). The maximum absolute atomic E-state index is 9.00. The summed E-state index contributed by atoms with van der Waals surface area (Å²) < 4.78 is 0. The Bertz CT molecular complexity index is 171. The van der Waals surface area contributed by atoms with Crippen LogP contribution >= 0.6 is 0 Å². The van der Waals surface area contributed by atoms with Gasteiger partial charge in [0.1, 0.15) is 0 Å². The fourth-order valence-corrected chi connectivity index (χ4v) is 0.187. The van der Waals surface area contributed by atoms with E-state index in [9.17, 15) is 0 Å². The first-order chi connectivity index (χ1) is 7.97. The molecule has 5 N–H and O–H groups in total. The highest BCUT2D eigenvalue weighted by Gasteiger charge is 1.88. The maximum atomic E-state index is 9.00. The molecule has 0 aromatic rings. The van der Waals surface area contributed by atoms with Gasteiger partial charge in [-0.25, -0.2) is 0 Å². The van der Waals surface area contributed by atoms with Gasteiger partial charge in [0.2, 0.25) is 0 Å². The van der Waals surface area contributed by atoms with Crippen LogP contribution in [0.2, 0.25) is 0 Å². The molecule has 0 spiro atoms. The van der Waals surface area contributed by atoms with Crippen molar-refractivity contribution in [2.45, 2.75) is 40.2 Å². The number of aliphatic hydroxyl groups is 2. The molecule has 18 heavy (non-hydrogen) atoms. The first-order valence-electron chi connectivity index (χ1n) is 4.84. The largest absolute Gasteiger partial charge is 0.481 e. The van der Waals surface area contributed by atoms with Crippen LogP contribution < -0.4 is 0 Å². The summed E-state index contributed by atoms with van der Waals surface area (Å²) in [5.74, 6) is -2.50. The van der Waals surface area contributed by atoms with Crippen molar-refractivity contribution < 1.29 is 39.9 Å². The number of aliphatic carboxylic acids is 3. The van der Waals surface area contributed by atoms with Crippen molar-refractivity contribution in [3.8, 4) is 0 Å². The Kier molecular flexibility index (Phi) is 29.0. The molecule has 1 unspecified atom stereocenters. The molecule has 0 radical (unpaired) electrons. The molecule has 8 nitrogen and oxygen atoms in total. The fraction of sp³-hybridized carbons (Fsp3) is 0.700. The molecule has 1 atom stereocenters. The van der Waals surface area contributed by atoms with E-state index >= 15 is 0 Å². The molecule has 0 aliphatic carbocycles. The maximum Gasteiger partial charge on any atom is 0.300 e. The molecule has 0 amide bonds. The standard InChI is InChI=1S/C4H10O2.3C2H4O2/c1-4(6)2-3-5;3*1-2(3)4/h4-6H,2-3H2,1H3;3*1H3,(H,3,4). The Morgan fingerprint density at radius 1 is 0.889 bits per heavy atom. The van der Waals surface area contributed by atoms with Crippen molar-refractivity contribution in [2.75, 3.05) is 6.61 Å². The van der Waals surface area contributed by atoms with E-state index in [0.717, 1.165) is 20.8 Å². The summed E-state index contributed by atoms with van der Waals surface area (Å²) in [5.41, 5.74) is 0. The van der Waals surface area contributed by atoms with Crippen LogP contribution in [0.25, 0.3) is 0 Å². The number of carboxylic acids is 3. The molecule has 0 aliphatic rings. The van der Waals surface area contributed by atoms with E-state index < -0.39 is 17.9 Å². The molecule has 0 aliphatic heterocycles. The molecule has 110 valence electrons. The number of aliphatic hydroxyl groups excluding tert-OH is 2. The topological polar surface area (TPSA) is 152 Å². The van der Waals surface area contributed by atoms with Gasteiger partial charge in [-0.2, -0.15) is 0 Å². The molecule has 0 saturated carbocycles. The van der Waals surface area contributed by atoms with Gasteiger partial charge in [-0.15, -0.1) is 0 Å². The monoisotopic (exact) mass is 270 g/mol. The van der Waals surface area contributed by atoms with E-state index in [1.807, 2.05) is 0 Å². The van der Waals surface area contributed by atoms with E-state index in [-0.39, 0.29) is 12.7 Å². The van der Waals surface area contributed by atoms with Crippen molar-refractivity contribution in [1.29, 1.82) is 0 Å². The van der Waals surface area contributed by atoms with Crippen LogP contribution in [0, 0.1) is 0 Å². The zero-order valence-corrected chi connectivity index (χ0v) is 11.0. The summed E-state index contributed by atoms with van der Waals surface area (Å²) in [4.78, 5) is 27.0. The van der Waals surface area contributed by atoms with Crippen LogP contribution in [0.5, 0.6) is 0 Å². The second-order valence-electron chi connectivity index (χ2n) is 2.92. The normalized spacial score (nSPS) is 9.00. The lowest BCUT2D eigenvalue weighted by Gasteiger charge is -1.95. The average molecular weight is 270 g/mol. The van der Waals surface area contributed by atoms with Gasteiger partial charge in [-0.1, -0.05) is 0 Å². The summed E-state index contributed by atoms with van der Waals surface area (Å²) in [6.45, 7) is 4.98. The van der Waals surface area contributed by atoms with Gasteiger partial charge in [0.25, 0.3) is 17.9 Å². The Hall–Kier alpha value is -1.67. The Labute approximate surface area is 105 Å². The number of carbonyl (C=O) groups is 3. The van der Waals surface area contributed by atoms with Crippen LogP contribution in [0.15, 0.2) is 0 Å². The molecule has 8 heteroatoms. The zero-order chi connectivity index (χ0) is 15.7. The molecule has 0 heterocycles. The van der Waals surface area contributed by atoms with Crippen LogP contribution in [0.3, 0.4) is 0 Å². The first kappa shape index (κ1) is 25.2. The summed E-state index contributed by atoms with van der Waals surface area (Å²) in [5, 5.41) is 38.7. The quantitative estimate of drug-likeness (QED) is 0.471. The van der Waals surface area contributed by atoms with Gasteiger partial charge in [0, 0.05) is 27.4 Å². The number of carboxylic acid groups (broad SMARTS) is 3. The summed E-state index contributed by atoms with van der Waals surface area (Å²) in [6.07, 6.45) is 0.134. The molecule has 0 saturated heterocycles. The van der Waals surface area contributed by atoms with Crippen molar-refractivity contribution in [1.82, 2.24) is 0 Å². The predicted octanol–water partition coefficient (Wildman–Crippen LogP) is 0.0223. The van der Waals surface area contributed by atoms with Crippen LogP contribution in [-0.4, -0.2) is 56.2 Å². The molecule has 0 fully saturated rings.